The summed E-state index contributed by atoms with van der Waals surface area (Å²) in [6.07, 6.45) is 0. The largest absolute Gasteiger partial charge is 0.350 e. The zero-order valence-corrected chi connectivity index (χ0v) is 10.3. The van der Waals surface area contributed by atoms with Gasteiger partial charge >= 0.3 is 0 Å². The number of anilines is 1. The van der Waals surface area contributed by atoms with Gasteiger partial charge in [-0.25, -0.2) is 0 Å². The van der Waals surface area contributed by atoms with Crippen molar-refractivity contribution < 1.29 is 0 Å². The van der Waals surface area contributed by atoms with Crippen LogP contribution in [0.25, 0.3) is 0 Å². The molecule has 1 atom stereocenters. The molecule has 15 heavy (non-hydrogen) atoms. The Morgan fingerprint density at radius 1 is 1.20 bits per heavy atom. The second kappa shape index (κ2) is 5.44. The van der Waals surface area contributed by atoms with Crippen LogP contribution in [-0.4, -0.2) is 46.5 Å². The molecule has 0 radical (unpaired) electrons. The van der Waals surface area contributed by atoms with Crippen molar-refractivity contribution in [1.82, 2.24) is 19.9 Å². The molecule has 1 heterocycles. The lowest BCUT2D eigenvalue weighted by Crippen LogP contribution is -2.30. The normalized spacial score (nSPS) is 12.9. The first kappa shape index (κ1) is 12.4. The highest BCUT2D eigenvalue weighted by Gasteiger charge is 2.07. The molecule has 5 nitrogen and oxygen atoms in total. The molecule has 0 saturated carbocycles. The average Bonchev–Trinajstić information content (AvgIpc) is 1.98. The molecular weight excluding hydrogens is 237 g/mol. The number of hydrogen-bond acceptors (Lipinski definition) is 5. The Morgan fingerprint density at radius 2 is 1.73 bits per heavy atom. The van der Waals surface area contributed by atoms with E-state index in [4.69, 9.17) is 23.2 Å². The predicted molar refractivity (Wildman–Crippen MR) is 61.5 cm³/mol. The molecule has 0 aliphatic carbocycles. The van der Waals surface area contributed by atoms with Gasteiger partial charge in [-0.2, -0.15) is 15.0 Å². The minimum absolute atomic E-state index is 0.0922. The number of hydrogen-bond donors (Lipinski definition) is 1. The monoisotopic (exact) mass is 249 g/mol. The lowest BCUT2D eigenvalue weighted by Gasteiger charge is -2.17. The van der Waals surface area contributed by atoms with Gasteiger partial charge in [0.25, 0.3) is 0 Å². The van der Waals surface area contributed by atoms with Crippen molar-refractivity contribution >= 4 is 29.2 Å². The lowest BCUT2D eigenvalue weighted by molar-refractivity contribution is 0.391. The standard InChI is InChI=1S/C8H13Cl2N5/c1-5(4-15(2)3)11-8-13-6(9)12-7(10)14-8/h5H,4H2,1-3H3,(H,11,12,13,14). The van der Waals surface area contributed by atoms with Gasteiger partial charge in [-0.3, -0.25) is 0 Å². The molecule has 0 spiro atoms. The minimum Gasteiger partial charge on any atom is -0.350 e. The van der Waals surface area contributed by atoms with Gasteiger partial charge in [-0.1, -0.05) is 0 Å². The Kier molecular flexibility index (Phi) is 4.50. The van der Waals surface area contributed by atoms with Gasteiger partial charge in [-0.05, 0) is 44.2 Å². The number of nitrogens with one attached hydrogen (secondary N) is 1. The molecule has 0 bridgehead atoms. The predicted octanol–water partition coefficient (Wildman–Crippen LogP) is 1.54. The summed E-state index contributed by atoms with van der Waals surface area (Å²) in [5.74, 6) is 0.398. The molecule has 1 aromatic rings. The third kappa shape index (κ3) is 4.59. The fourth-order valence-electron chi connectivity index (χ4n) is 1.20. The summed E-state index contributed by atoms with van der Waals surface area (Å²) in [5.41, 5.74) is 0. The van der Waals surface area contributed by atoms with Crippen LogP contribution in [0.3, 0.4) is 0 Å². The maximum absolute atomic E-state index is 5.64. The van der Waals surface area contributed by atoms with Gasteiger partial charge in [-0.15, -0.1) is 0 Å². The van der Waals surface area contributed by atoms with Crippen molar-refractivity contribution in [2.24, 2.45) is 0 Å². The van der Waals surface area contributed by atoms with Crippen molar-refractivity contribution in [3.63, 3.8) is 0 Å². The molecule has 84 valence electrons. The molecule has 0 aliphatic heterocycles. The maximum Gasteiger partial charge on any atom is 0.228 e. The van der Waals surface area contributed by atoms with E-state index in [1.807, 2.05) is 21.0 Å². The van der Waals surface area contributed by atoms with Crippen LogP contribution in [0, 0.1) is 0 Å². The molecule has 0 saturated heterocycles. The molecule has 7 heteroatoms. The highest BCUT2D eigenvalue weighted by atomic mass is 35.5. The van der Waals surface area contributed by atoms with Crippen LogP contribution >= 0.6 is 23.2 Å². The molecule has 0 aromatic carbocycles. The van der Waals surface area contributed by atoms with E-state index in [0.29, 0.717) is 5.95 Å². The van der Waals surface area contributed by atoms with Crippen molar-refractivity contribution in [3.8, 4) is 0 Å². The van der Waals surface area contributed by atoms with Crippen LogP contribution in [0.4, 0.5) is 5.95 Å². The molecule has 1 N–H and O–H groups in total. The minimum atomic E-state index is 0.0922. The van der Waals surface area contributed by atoms with E-state index in [0.717, 1.165) is 6.54 Å². The second-order valence-electron chi connectivity index (χ2n) is 3.50. The summed E-state index contributed by atoms with van der Waals surface area (Å²) in [7, 11) is 3.98. The third-order valence-corrected chi connectivity index (χ3v) is 1.93. The highest BCUT2D eigenvalue weighted by molar-refractivity contribution is 6.31. The SMILES string of the molecule is CC(CN(C)C)Nc1nc(Cl)nc(Cl)n1. The summed E-state index contributed by atoms with van der Waals surface area (Å²) < 4.78 is 0. The Bertz CT molecular complexity index is 311. The molecule has 1 unspecified atom stereocenters. The van der Waals surface area contributed by atoms with Gasteiger partial charge in [0.05, 0.1) is 0 Å². The van der Waals surface area contributed by atoms with E-state index in [1.54, 1.807) is 0 Å². The number of nitrogens with zero attached hydrogens (tertiary/aromatic N) is 4. The topological polar surface area (TPSA) is 53.9 Å². The van der Waals surface area contributed by atoms with Crippen molar-refractivity contribution in [1.29, 1.82) is 0 Å². The molecule has 1 aromatic heterocycles. The van der Waals surface area contributed by atoms with Crippen LogP contribution in [0.2, 0.25) is 10.6 Å². The smallest absolute Gasteiger partial charge is 0.228 e. The van der Waals surface area contributed by atoms with Gasteiger partial charge in [0.15, 0.2) is 0 Å². The fourth-order valence-corrected chi connectivity index (χ4v) is 1.57. The number of aromatic nitrogens is 3. The molecule has 0 amide bonds. The first-order valence-electron chi connectivity index (χ1n) is 4.45. The average molecular weight is 250 g/mol. The Labute approximate surface area is 98.8 Å². The molecule has 1 rings (SSSR count). The maximum atomic E-state index is 5.64. The Morgan fingerprint density at radius 3 is 2.20 bits per heavy atom. The first-order valence-corrected chi connectivity index (χ1v) is 5.21. The molecular formula is C8H13Cl2N5. The number of rotatable bonds is 4. The Hall–Kier alpha value is -0.650. The summed E-state index contributed by atoms with van der Waals surface area (Å²) in [4.78, 5) is 13.5. The zero-order valence-electron chi connectivity index (χ0n) is 8.83. The van der Waals surface area contributed by atoms with Crippen molar-refractivity contribution in [2.45, 2.75) is 13.0 Å². The highest BCUT2D eigenvalue weighted by Crippen LogP contribution is 2.10. The van der Waals surface area contributed by atoms with Gasteiger partial charge in [0.1, 0.15) is 0 Å². The van der Waals surface area contributed by atoms with Crippen LogP contribution in [0.1, 0.15) is 6.92 Å². The van der Waals surface area contributed by atoms with Gasteiger partial charge in [0.2, 0.25) is 16.5 Å². The summed E-state index contributed by atoms with van der Waals surface area (Å²) >= 11 is 11.3. The quantitative estimate of drug-likeness (QED) is 0.878. The van der Waals surface area contributed by atoms with E-state index in [-0.39, 0.29) is 16.6 Å². The summed E-state index contributed by atoms with van der Waals surface area (Å²) in [5, 5.41) is 3.27. The van der Waals surface area contributed by atoms with Crippen LogP contribution < -0.4 is 5.32 Å². The van der Waals surface area contributed by atoms with E-state index >= 15 is 0 Å². The van der Waals surface area contributed by atoms with Crippen LogP contribution in [0.15, 0.2) is 0 Å². The van der Waals surface area contributed by atoms with Gasteiger partial charge in [0, 0.05) is 12.6 Å². The van der Waals surface area contributed by atoms with Crippen LogP contribution in [0.5, 0.6) is 0 Å². The lowest BCUT2D eigenvalue weighted by atomic mass is 10.3. The van der Waals surface area contributed by atoms with Crippen LogP contribution in [-0.2, 0) is 0 Å². The Balaban J connectivity index is 2.63. The van der Waals surface area contributed by atoms with E-state index in [1.165, 1.54) is 0 Å². The van der Waals surface area contributed by atoms with Gasteiger partial charge < -0.3 is 10.2 Å². The van der Waals surface area contributed by atoms with Crippen molar-refractivity contribution in [2.75, 3.05) is 26.0 Å². The second-order valence-corrected chi connectivity index (χ2v) is 4.18. The number of halogens is 2. The third-order valence-electron chi connectivity index (χ3n) is 1.60. The van der Waals surface area contributed by atoms with E-state index in [2.05, 4.69) is 25.2 Å². The van der Waals surface area contributed by atoms with Crippen molar-refractivity contribution in [3.05, 3.63) is 10.6 Å². The molecule has 0 fully saturated rings. The zero-order chi connectivity index (χ0) is 11.4. The molecule has 0 aliphatic rings. The fraction of sp³-hybridized carbons (Fsp3) is 0.625. The summed E-state index contributed by atoms with van der Waals surface area (Å²) in [6.45, 7) is 2.88. The summed E-state index contributed by atoms with van der Waals surface area (Å²) in [6, 6.07) is 0.203. The first-order chi connectivity index (χ1) is 6.97. The van der Waals surface area contributed by atoms with E-state index in [9.17, 15) is 0 Å². The number of likely N-dealkylation sites (N-methyl/N-ethyl adjacent to an activating group) is 1. The van der Waals surface area contributed by atoms with E-state index < -0.39 is 0 Å².